The predicted octanol–water partition coefficient (Wildman–Crippen LogP) is 3.51. The zero-order chi connectivity index (χ0) is 23.6. The van der Waals surface area contributed by atoms with E-state index in [9.17, 15) is 13.2 Å². The van der Waals surface area contributed by atoms with Gasteiger partial charge in [0.05, 0.1) is 29.7 Å². The fourth-order valence-electron chi connectivity index (χ4n) is 2.97. The molecule has 0 radical (unpaired) electrons. The number of nitrogens with zero attached hydrogens (tertiary/aromatic N) is 1. The van der Waals surface area contributed by atoms with Gasteiger partial charge in [-0.2, -0.15) is 4.31 Å². The lowest BCUT2D eigenvalue weighted by Gasteiger charge is -2.22. The quantitative estimate of drug-likeness (QED) is 0.441. The van der Waals surface area contributed by atoms with Crippen molar-refractivity contribution >= 4 is 27.5 Å². The number of carbonyl (C=O) groups excluding carboxylic acids is 1. The number of benzene rings is 2. The summed E-state index contributed by atoms with van der Waals surface area (Å²) < 4.78 is 38.4. The summed E-state index contributed by atoms with van der Waals surface area (Å²) in [6, 6.07) is 13.8. The van der Waals surface area contributed by atoms with Gasteiger partial charge in [-0.25, -0.2) is 8.42 Å². The first-order chi connectivity index (χ1) is 15.2. The van der Waals surface area contributed by atoms with Crippen LogP contribution in [0.1, 0.15) is 25.8 Å². The number of carbonyl (C=O) groups is 1. The van der Waals surface area contributed by atoms with Crippen LogP contribution in [0.25, 0.3) is 0 Å². The molecule has 176 valence electrons. The van der Waals surface area contributed by atoms with Crippen LogP contribution in [0.4, 0.5) is 0 Å². The zero-order valence-electron chi connectivity index (χ0n) is 18.7. The smallest absolute Gasteiger partial charge is 0.243 e. The molecule has 2 rings (SSSR count). The Balaban J connectivity index is 2.12. The van der Waals surface area contributed by atoms with Crippen molar-refractivity contribution < 1.29 is 22.7 Å². The highest BCUT2D eigenvalue weighted by molar-refractivity contribution is 7.89. The standard InChI is InChI=1S/C23H31ClN2O5S/c1-18(2)31-15-7-13-25-23(27)17-26(14-12-19-8-5-4-6-9-19)32(28,29)20-10-11-22(30-3)21(24)16-20/h4-6,8-11,16,18H,7,12-15,17H2,1-3H3,(H,25,27). The third-order valence-corrected chi connectivity index (χ3v) is 6.80. The van der Waals surface area contributed by atoms with Gasteiger partial charge in [-0.3, -0.25) is 4.79 Å². The summed E-state index contributed by atoms with van der Waals surface area (Å²) in [5.74, 6) is 0.00797. The highest BCUT2D eigenvalue weighted by Crippen LogP contribution is 2.28. The molecule has 0 heterocycles. The van der Waals surface area contributed by atoms with Crippen LogP contribution in [0.15, 0.2) is 53.4 Å². The molecule has 0 fully saturated rings. The van der Waals surface area contributed by atoms with Crippen molar-refractivity contribution in [2.24, 2.45) is 0 Å². The van der Waals surface area contributed by atoms with Crippen molar-refractivity contribution in [2.75, 3.05) is 33.4 Å². The van der Waals surface area contributed by atoms with Gasteiger partial charge >= 0.3 is 0 Å². The summed E-state index contributed by atoms with van der Waals surface area (Å²) in [5, 5.41) is 2.95. The fourth-order valence-corrected chi connectivity index (χ4v) is 4.72. The van der Waals surface area contributed by atoms with Crippen LogP contribution in [0.5, 0.6) is 5.75 Å². The van der Waals surface area contributed by atoms with Gasteiger partial charge in [0.25, 0.3) is 0 Å². The van der Waals surface area contributed by atoms with Crippen LogP contribution in [-0.2, 0) is 26.0 Å². The number of nitrogens with one attached hydrogen (secondary N) is 1. The SMILES string of the molecule is COc1ccc(S(=O)(=O)N(CCc2ccccc2)CC(=O)NCCCOC(C)C)cc1Cl. The number of ether oxygens (including phenoxy) is 2. The van der Waals surface area contributed by atoms with Crippen LogP contribution in [0.3, 0.4) is 0 Å². The summed E-state index contributed by atoms with van der Waals surface area (Å²) in [6.07, 6.45) is 1.24. The van der Waals surface area contributed by atoms with Gasteiger partial charge in [-0.15, -0.1) is 0 Å². The Morgan fingerprint density at radius 3 is 2.50 bits per heavy atom. The number of methoxy groups -OCH3 is 1. The summed E-state index contributed by atoms with van der Waals surface area (Å²) in [7, 11) is -2.50. The molecule has 0 atom stereocenters. The average molecular weight is 483 g/mol. The molecule has 2 aromatic carbocycles. The molecule has 0 aliphatic heterocycles. The van der Waals surface area contributed by atoms with Crippen molar-refractivity contribution in [2.45, 2.75) is 37.7 Å². The summed E-state index contributed by atoms with van der Waals surface area (Å²) >= 11 is 6.14. The second kappa shape index (κ2) is 12.8. The normalized spacial score (nSPS) is 11.7. The number of rotatable bonds is 13. The van der Waals surface area contributed by atoms with Gasteiger partial charge in [0, 0.05) is 19.7 Å². The Bertz CT molecular complexity index is 968. The Morgan fingerprint density at radius 2 is 1.88 bits per heavy atom. The first-order valence-electron chi connectivity index (χ1n) is 10.5. The van der Waals surface area contributed by atoms with Crippen molar-refractivity contribution in [1.29, 1.82) is 0 Å². The van der Waals surface area contributed by atoms with Crippen molar-refractivity contribution in [3.8, 4) is 5.75 Å². The van der Waals surface area contributed by atoms with E-state index in [2.05, 4.69) is 5.32 Å². The largest absolute Gasteiger partial charge is 0.495 e. The molecule has 0 aliphatic rings. The van der Waals surface area contributed by atoms with Crippen LogP contribution in [-0.4, -0.2) is 58.1 Å². The van der Waals surface area contributed by atoms with Gasteiger partial charge in [0.1, 0.15) is 5.75 Å². The molecule has 0 spiro atoms. The summed E-state index contributed by atoms with van der Waals surface area (Å²) in [6.45, 7) is 4.69. The first kappa shape index (κ1) is 26.1. The van der Waals surface area contributed by atoms with Gasteiger partial charge in [-0.05, 0) is 50.5 Å². The van der Waals surface area contributed by atoms with Crippen molar-refractivity contribution in [3.63, 3.8) is 0 Å². The van der Waals surface area contributed by atoms with Crippen molar-refractivity contribution in [3.05, 3.63) is 59.1 Å². The fraction of sp³-hybridized carbons (Fsp3) is 0.435. The molecule has 1 N–H and O–H groups in total. The van der Waals surface area contributed by atoms with E-state index in [1.807, 2.05) is 44.2 Å². The molecule has 7 nitrogen and oxygen atoms in total. The predicted molar refractivity (Wildman–Crippen MR) is 126 cm³/mol. The minimum atomic E-state index is -3.95. The second-order valence-electron chi connectivity index (χ2n) is 7.49. The third-order valence-electron chi connectivity index (χ3n) is 4.67. The molecule has 0 bridgehead atoms. The van der Waals surface area contributed by atoms with Crippen molar-refractivity contribution in [1.82, 2.24) is 9.62 Å². The van der Waals surface area contributed by atoms with Crippen LogP contribution in [0, 0.1) is 0 Å². The number of amides is 1. The molecule has 32 heavy (non-hydrogen) atoms. The first-order valence-corrected chi connectivity index (χ1v) is 12.3. The van der Waals surface area contributed by atoms with Gasteiger partial charge < -0.3 is 14.8 Å². The lowest BCUT2D eigenvalue weighted by atomic mass is 10.1. The molecule has 0 aliphatic carbocycles. The van der Waals surface area contributed by atoms with E-state index in [0.717, 1.165) is 5.56 Å². The lowest BCUT2D eigenvalue weighted by molar-refractivity contribution is -0.121. The number of hydrogen-bond acceptors (Lipinski definition) is 5. The average Bonchev–Trinajstić information content (AvgIpc) is 2.76. The molecular formula is C23H31ClN2O5S. The second-order valence-corrected chi connectivity index (χ2v) is 9.84. The summed E-state index contributed by atoms with van der Waals surface area (Å²) in [4.78, 5) is 12.5. The van der Waals surface area contributed by atoms with E-state index >= 15 is 0 Å². The van der Waals surface area contributed by atoms with Crippen LogP contribution >= 0.6 is 11.6 Å². The molecule has 0 aromatic heterocycles. The maximum atomic E-state index is 13.3. The highest BCUT2D eigenvalue weighted by atomic mass is 35.5. The number of halogens is 1. The molecule has 1 amide bonds. The van der Waals surface area contributed by atoms with E-state index < -0.39 is 10.0 Å². The third kappa shape index (κ3) is 8.09. The van der Waals surface area contributed by atoms with Gasteiger partial charge in [0.2, 0.25) is 15.9 Å². The Labute approximate surface area is 195 Å². The Hall–Kier alpha value is -2.13. The van der Waals surface area contributed by atoms with E-state index in [1.54, 1.807) is 0 Å². The molecule has 2 aromatic rings. The number of sulfonamides is 1. The van der Waals surface area contributed by atoms with E-state index in [0.29, 0.717) is 31.7 Å². The Kier molecular flexibility index (Phi) is 10.4. The van der Waals surface area contributed by atoms with Gasteiger partial charge in [0.15, 0.2) is 0 Å². The van der Waals surface area contributed by atoms with E-state index in [4.69, 9.17) is 21.1 Å². The highest BCUT2D eigenvalue weighted by Gasteiger charge is 2.27. The van der Waals surface area contributed by atoms with E-state index in [-0.39, 0.29) is 35.0 Å². The topological polar surface area (TPSA) is 84.9 Å². The summed E-state index contributed by atoms with van der Waals surface area (Å²) in [5.41, 5.74) is 0.978. The monoisotopic (exact) mass is 482 g/mol. The molecule has 0 unspecified atom stereocenters. The number of hydrogen-bond donors (Lipinski definition) is 1. The molecule has 0 saturated heterocycles. The molecule has 0 saturated carbocycles. The maximum absolute atomic E-state index is 13.3. The lowest BCUT2D eigenvalue weighted by Crippen LogP contribution is -2.42. The van der Waals surface area contributed by atoms with Gasteiger partial charge in [-0.1, -0.05) is 41.9 Å². The Morgan fingerprint density at radius 1 is 1.16 bits per heavy atom. The van der Waals surface area contributed by atoms with Crippen LogP contribution < -0.4 is 10.1 Å². The van der Waals surface area contributed by atoms with E-state index in [1.165, 1.54) is 29.6 Å². The van der Waals surface area contributed by atoms with Crippen LogP contribution in [0.2, 0.25) is 5.02 Å². The molecule has 9 heteroatoms. The maximum Gasteiger partial charge on any atom is 0.243 e. The minimum absolute atomic E-state index is 0.00879. The minimum Gasteiger partial charge on any atom is -0.495 e. The zero-order valence-corrected chi connectivity index (χ0v) is 20.3. The molecular weight excluding hydrogens is 452 g/mol.